The lowest BCUT2D eigenvalue weighted by Gasteiger charge is -2.38. The Hall–Kier alpha value is -0.610. The maximum Gasteiger partial charge on any atom is 0.445 e. The SMILES string of the molecule is Cc1ccc2c(c1)C=C(C1CCCCC1)S2(Cl)C(F)(F)F. The normalized spacial score (nSPS) is 29.7. The molecule has 0 bridgehead atoms. The van der Waals surface area contributed by atoms with Gasteiger partial charge >= 0.3 is 5.51 Å². The Bertz CT molecular complexity index is 588. The lowest BCUT2D eigenvalue weighted by atomic mass is 9.88. The van der Waals surface area contributed by atoms with Gasteiger partial charge in [-0.05, 0) is 68.2 Å². The number of alkyl halides is 3. The van der Waals surface area contributed by atoms with Crippen molar-refractivity contribution in [2.75, 3.05) is 0 Å². The third-order valence-electron chi connectivity index (χ3n) is 4.42. The van der Waals surface area contributed by atoms with E-state index in [1.54, 1.807) is 18.2 Å². The summed E-state index contributed by atoms with van der Waals surface area (Å²) >= 11 is 0. The molecule has 0 nitrogen and oxygen atoms in total. The van der Waals surface area contributed by atoms with Gasteiger partial charge in [-0.1, -0.05) is 37.0 Å². The van der Waals surface area contributed by atoms with Crippen LogP contribution < -0.4 is 0 Å². The molecule has 1 heterocycles. The Balaban J connectivity index is 2.11. The fourth-order valence-electron chi connectivity index (χ4n) is 3.39. The predicted octanol–water partition coefficient (Wildman–Crippen LogP) is 6.77. The highest BCUT2D eigenvalue weighted by Gasteiger charge is 2.57. The Labute approximate surface area is 129 Å². The van der Waals surface area contributed by atoms with Crippen molar-refractivity contribution in [3.63, 3.8) is 0 Å². The van der Waals surface area contributed by atoms with Crippen LogP contribution in [0.15, 0.2) is 28.0 Å². The van der Waals surface area contributed by atoms with Crippen molar-refractivity contribution in [2.24, 2.45) is 5.92 Å². The topological polar surface area (TPSA) is 0 Å². The van der Waals surface area contributed by atoms with Gasteiger partial charge in [-0.25, -0.2) is 0 Å². The molecule has 3 rings (SSSR count). The van der Waals surface area contributed by atoms with Crippen LogP contribution >= 0.6 is 19.9 Å². The molecule has 0 spiro atoms. The lowest BCUT2D eigenvalue weighted by molar-refractivity contribution is -0.0361. The highest BCUT2D eigenvalue weighted by molar-refractivity contribution is 8.54. The van der Waals surface area contributed by atoms with E-state index in [9.17, 15) is 13.2 Å². The first kappa shape index (κ1) is 15.3. The molecule has 0 amide bonds. The average molecular weight is 335 g/mol. The first-order valence-corrected chi connectivity index (χ1v) is 9.71. The number of benzene rings is 1. The molecule has 116 valence electrons. The predicted molar refractivity (Wildman–Crippen MR) is 83.5 cm³/mol. The van der Waals surface area contributed by atoms with Crippen LogP contribution in [-0.2, 0) is 0 Å². The van der Waals surface area contributed by atoms with Gasteiger partial charge in [0.2, 0.25) is 0 Å². The quantitative estimate of drug-likeness (QED) is 0.531. The smallest absolute Gasteiger partial charge is 0.160 e. The molecule has 1 aromatic rings. The van der Waals surface area contributed by atoms with E-state index in [1.165, 1.54) is 0 Å². The molecule has 0 aromatic heterocycles. The lowest BCUT2D eigenvalue weighted by Crippen LogP contribution is -2.21. The maximum atomic E-state index is 13.8. The van der Waals surface area contributed by atoms with E-state index in [-0.39, 0.29) is 10.8 Å². The van der Waals surface area contributed by atoms with Crippen molar-refractivity contribution in [3.8, 4) is 0 Å². The summed E-state index contributed by atoms with van der Waals surface area (Å²) in [5, 5.41) is 0. The zero-order valence-electron chi connectivity index (χ0n) is 11.8. The molecule has 2 aliphatic rings. The largest absolute Gasteiger partial charge is 0.445 e. The first-order valence-electron chi connectivity index (χ1n) is 7.25. The first-order chi connectivity index (χ1) is 9.84. The summed E-state index contributed by atoms with van der Waals surface area (Å²) in [7, 11) is 2.92. The fraction of sp³-hybridized carbons (Fsp3) is 0.500. The number of fused-ring (bicyclic) bond motifs is 1. The van der Waals surface area contributed by atoms with Crippen LogP contribution in [-0.4, -0.2) is 5.51 Å². The van der Waals surface area contributed by atoms with E-state index in [0.29, 0.717) is 10.5 Å². The zero-order chi connectivity index (χ0) is 15.3. The van der Waals surface area contributed by atoms with Gasteiger partial charge < -0.3 is 0 Å². The van der Waals surface area contributed by atoms with Crippen molar-refractivity contribution in [1.29, 1.82) is 0 Å². The number of hydrogen-bond acceptors (Lipinski definition) is 0. The van der Waals surface area contributed by atoms with E-state index < -0.39 is 14.7 Å². The van der Waals surface area contributed by atoms with Gasteiger partial charge in [-0.15, -0.1) is 0 Å². The number of rotatable bonds is 1. The highest BCUT2D eigenvalue weighted by Crippen LogP contribution is 2.81. The van der Waals surface area contributed by atoms with Gasteiger partial charge in [0, 0.05) is 4.90 Å². The molecule has 5 heteroatoms. The molecule has 1 aliphatic carbocycles. The molecule has 0 saturated heterocycles. The van der Waals surface area contributed by atoms with Crippen molar-refractivity contribution >= 4 is 26.0 Å². The van der Waals surface area contributed by atoms with Gasteiger partial charge in [-0.3, -0.25) is 0 Å². The molecule has 1 atom stereocenters. The maximum absolute atomic E-state index is 13.8. The number of hydrogen-bond donors (Lipinski definition) is 0. The van der Waals surface area contributed by atoms with Gasteiger partial charge in [0.25, 0.3) is 0 Å². The molecular weight excluding hydrogens is 317 g/mol. The van der Waals surface area contributed by atoms with Gasteiger partial charge in [-0.2, -0.15) is 13.2 Å². The van der Waals surface area contributed by atoms with Crippen LogP contribution in [0.3, 0.4) is 0 Å². The average Bonchev–Trinajstić information content (AvgIpc) is 2.73. The van der Waals surface area contributed by atoms with Crippen molar-refractivity contribution in [3.05, 3.63) is 34.2 Å². The van der Waals surface area contributed by atoms with E-state index in [0.717, 1.165) is 37.7 Å². The molecular formula is C16H18ClF3S. The fourth-order valence-corrected chi connectivity index (χ4v) is 6.78. The van der Waals surface area contributed by atoms with Crippen molar-refractivity contribution < 1.29 is 13.2 Å². The van der Waals surface area contributed by atoms with E-state index in [2.05, 4.69) is 0 Å². The van der Waals surface area contributed by atoms with Gasteiger partial charge in [0.05, 0.1) is 0 Å². The van der Waals surface area contributed by atoms with Crippen LogP contribution in [0.5, 0.6) is 0 Å². The zero-order valence-corrected chi connectivity index (χ0v) is 13.4. The number of aryl methyl sites for hydroxylation is 1. The molecule has 1 aromatic carbocycles. The molecule has 0 N–H and O–H groups in total. The minimum atomic E-state index is -4.39. The van der Waals surface area contributed by atoms with Crippen LogP contribution in [0.1, 0.15) is 43.2 Å². The Morgan fingerprint density at radius 3 is 2.43 bits per heavy atom. The van der Waals surface area contributed by atoms with Crippen LogP contribution in [0, 0.1) is 12.8 Å². The number of allylic oxidation sites excluding steroid dienone is 1. The summed E-state index contributed by atoms with van der Waals surface area (Å²) in [6, 6.07) is 5.13. The minimum Gasteiger partial charge on any atom is -0.160 e. The number of halogens is 4. The van der Waals surface area contributed by atoms with E-state index in [4.69, 9.17) is 10.7 Å². The molecule has 1 aliphatic heterocycles. The summed E-state index contributed by atoms with van der Waals surface area (Å²) in [5.74, 6) is -0.0134. The third kappa shape index (κ3) is 2.40. The second-order valence-electron chi connectivity index (χ2n) is 5.91. The molecule has 1 unspecified atom stereocenters. The molecule has 1 fully saturated rings. The van der Waals surface area contributed by atoms with Crippen LogP contribution in [0.2, 0.25) is 0 Å². The van der Waals surface area contributed by atoms with Crippen LogP contribution in [0.25, 0.3) is 6.08 Å². The third-order valence-corrected chi connectivity index (χ3v) is 8.69. The Morgan fingerprint density at radius 2 is 1.81 bits per heavy atom. The summed E-state index contributed by atoms with van der Waals surface area (Å²) in [6.07, 6.45) is 6.51. The van der Waals surface area contributed by atoms with Gasteiger partial charge in [0.1, 0.15) is 0 Å². The van der Waals surface area contributed by atoms with Crippen molar-refractivity contribution in [2.45, 2.75) is 49.4 Å². The van der Waals surface area contributed by atoms with Crippen molar-refractivity contribution in [1.82, 2.24) is 0 Å². The highest BCUT2D eigenvalue weighted by atomic mass is 35.7. The van der Waals surface area contributed by atoms with E-state index >= 15 is 0 Å². The molecule has 21 heavy (non-hydrogen) atoms. The second-order valence-corrected chi connectivity index (χ2v) is 9.74. The molecule has 1 saturated carbocycles. The summed E-state index contributed by atoms with van der Waals surface area (Å²) < 4.78 is 41.4. The Kier molecular flexibility index (Phi) is 3.81. The molecule has 0 radical (unpaired) electrons. The minimum absolute atomic E-state index is 0.0134. The monoisotopic (exact) mass is 334 g/mol. The summed E-state index contributed by atoms with van der Waals surface area (Å²) in [6.45, 7) is 1.89. The second kappa shape index (κ2) is 5.24. The Morgan fingerprint density at radius 1 is 1.14 bits per heavy atom. The van der Waals surface area contributed by atoms with Crippen LogP contribution in [0.4, 0.5) is 13.2 Å². The standard InChI is InChI=1S/C16H18ClF3S/c1-11-7-8-14-13(9-11)10-15(12-5-3-2-4-6-12)21(14,17)16(18,19)20/h7-10,12H,2-6H2,1H3. The van der Waals surface area contributed by atoms with Gasteiger partial charge in [0.15, 0.2) is 0 Å². The van der Waals surface area contributed by atoms with E-state index in [1.807, 2.05) is 13.0 Å². The summed E-state index contributed by atoms with van der Waals surface area (Å²) in [5.41, 5.74) is -2.76. The summed E-state index contributed by atoms with van der Waals surface area (Å²) in [4.78, 5) is 0.722.